The molecule has 0 unspecified atom stereocenters. The average molecular weight is 155 g/mol. The smallest absolute Gasteiger partial charge is 0.0740 e. The Bertz CT molecular complexity index is 247. The lowest BCUT2D eigenvalue weighted by molar-refractivity contribution is 0.322. The minimum absolute atomic E-state index is 0.605. The summed E-state index contributed by atoms with van der Waals surface area (Å²) in [7, 11) is 0. The van der Waals surface area contributed by atoms with E-state index in [4.69, 9.17) is 16.8 Å². The third-order valence-corrected chi connectivity index (χ3v) is 1.22. The average Bonchev–Trinajstić information content (AvgIpc) is 1.88. The highest BCUT2D eigenvalue weighted by molar-refractivity contribution is 6.30. The van der Waals surface area contributed by atoms with Crippen molar-refractivity contribution < 1.29 is 5.21 Å². The third-order valence-electron chi connectivity index (χ3n) is 0.983. The molecular formula is C7H5ClNO. The first-order valence-electron chi connectivity index (χ1n) is 2.67. The van der Waals surface area contributed by atoms with Crippen molar-refractivity contribution in [2.24, 2.45) is 5.16 Å². The molecule has 0 saturated carbocycles. The van der Waals surface area contributed by atoms with Crippen molar-refractivity contribution in [3.8, 4) is 0 Å². The van der Waals surface area contributed by atoms with Gasteiger partial charge in [-0.1, -0.05) is 22.8 Å². The molecule has 0 aromatic heterocycles. The molecule has 0 heterocycles. The standard InChI is InChI=1S/C7H5ClNO/c8-7-3-1-2-6(4-7)5-9-10/h1,3-5,10H. The van der Waals surface area contributed by atoms with E-state index in [-0.39, 0.29) is 0 Å². The lowest BCUT2D eigenvalue weighted by Gasteiger charge is -1.89. The summed E-state index contributed by atoms with van der Waals surface area (Å²) in [6.07, 6.45) is 1.27. The monoisotopic (exact) mass is 154 g/mol. The summed E-state index contributed by atoms with van der Waals surface area (Å²) < 4.78 is 0. The predicted octanol–water partition coefficient (Wildman–Crippen LogP) is 1.95. The van der Waals surface area contributed by atoms with Crippen LogP contribution in [0.3, 0.4) is 0 Å². The van der Waals surface area contributed by atoms with Gasteiger partial charge < -0.3 is 5.21 Å². The zero-order valence-corrected chi connectivity index (χ0v) is 5.84. The van der Waals surface area contributed by atoms with Gasteiger partial charge in [-0.3, -0.25) is 0 Å². The maximum Gasteiger partial charge on any atom is 0.0740 e. The van der Waals surface area contributed by atoms with Crippen LogP contribution >= 0.6 is 11.6 Å². The number of halogens is 1. The fourth-order valence-corrected chi connectivity index (χ4v) is 0.773. The Morgan fingerprint density at radius 3 is 3.10 bits per heavy atom. The van der Waals surface area contributed by atoms with Crippen molar-refractivity contribution in [3.05, 3.63) is 34.9 Å². The van der Waals surface area contributed by atoms with E-state index in [0.29, 0.717) is 10.6 Å². The molecule has 10 heavy (non-hydrogen) atoms. The molecule has 1 rings (SSSR count). The van der Waals surface area contributed by atoms with Gasteiger partial charge in [0.25, 0.3) is 0 Å². The van der Waals surface area contributed by atoms with Crippen molar-refractivity contribution in [2.45, 2.75) is 0 Å². The largest absolute Gasteiger partial charge is 0.411 e. The molecule has 1 N–H and O–H groups in total. The molecular weight excluding hydrogens is 150 g/mol. The molecule has 0 spiro atoms. The molecule has 2 nitrogen and oxygen atoms in total. The summed E-state index contributed by atoms with van der Waals surface area (Å²) in [5, 5.41) is 11.6. The fourth-order valence-electron chi connectivity index (χ4n) is 0.593. The molecule has 0 saturated heterocycles. The highest BCUT2D eigenvalue weighted by Crippen LogP contribution is 2.07. The van der Waals surface area contributed by atoms with Crippen LogP contribution in [0.5, 0.6) is 0 Å². The molecule has 0 amide bonds. The minimum Gasteiger partial charge on any atom is -0.411 e. The van der Waals surface area contributed by atoms with Crippen molar-refractivity contribution in [2.75, 3.05) is 0 Å². The van der Waals surface area contributed by atoms with Crippen LogP contribution in [0.25, 0.3) is 0 Å². The molecule has 0 fully saturated rings. The van der Waals surface area contributed by atoms with Crippen LogP contribution in [0.1, 0.15) is 5.56 Å². The summed E-state index contributed by atoms with van der Waals surface area (Å²) in [5.41, 5.74) is 0.662. The van der Waals surface area contributed by atoms with Gasteiger partial charge in [0.2, 0.25) is 0 Å². The number of hydrogen-bond acceptors (Lipinski definition) is 2. The first kappa shape index (κ1) is 7.09. The van der Waals surface area contributed by atoms with Crippen LogP contribution in [0.2, 0.25) is 5.02 Å². The SMILES string of the molecule is ON=Cc1[c]ccc(Cl)c1. The maximum atomic E-state index is 8.12. The Kier molecular flexibility index (Phi) is 2.29. The Labute approximate surface area is 63.7 Å². The van der Waals surface area contributed by atoms with Crippen LogP contribution in [0, 0.1) is 6.07 Å². The van der Waals surface area contributed by atoms with Crippen LogP contribution in [-0.2, 0) is 0 Å². The van der Waals surface area contributed by atoms with E-state index >= 15 is 0 Å². The van der Waals surface area contributed by atoms with E-state index in [2.05, 4.69) is 11.2 Å². The van der Waals surface area contributed by atoms with Crippen molar-refractivity contribution in [1.82, 2.24) is 0 Å². The first-order chi connectivity index (χ1) is 4.83. The Hall–Kier alpha value is -1.02. The first-order valence-corrected chi connectivity index (χ1v) is 3.05. The molecule has 0 aliphatic carbocycles. The van der Waals surface area contributed by atoms with Gasteiger partial charge in [-0.05, 0) is 18.2 Å². The molecule has 3 heteroatoms. The Morgan fingerprint density at radius 1 is 1.70 bits per heavy atom. The van der Waals surface area contributed by atoms with Crippen LogP contribution in [0.4, 0.5) is 0 Å². The Balaban J connectivity index is 2.95. The summed E-state index contributed by atoms with van der Waals surface area (Å²) in [4.78, 5) is 0. The number of benzene rings is 1. The second-order valence-corrected chi connectivity index (χ2v) is 2.14. The zero-order valence-electron chi connectivity index (χ0n) is 5.08. The normalized spacial score (nSPS) is 10.5. The van der Waals surface area contributed by atoms with Gasteiger partial charge in [-0.15, -0.1) is 0 Å². The summed E-state index contributed by atoms with van der Waals surface area (Å²) >= 11 is 5.62. The van der Waals surface area contributed by atoms with Crippen molar-refractivity contribution in [1.29, 1.82) is 0 Å². The second-order valence-electron chi connectivity index (χ2n) is 1.71. The van der Waals surface area contributed by atoms with E-state index in [1.54, 1.807) is 18.2 Å². The van der Waals surface area contributed by atoms with E-state index in [1.807, 2.05) is 0 Å². The van der Waals surface area contributed by atoms with Crippen molar-refractivity contribution in [3.63, 3.8) is 0 Å². The van der Waals surface area contributed by atoms with Gasteiger partial charge >= 0.3 is 0 Å². The molecule has 0 bridgehead atoms. The van der Waals surface area contributed by atoms with Gasteiger partial charge in [-0.25, -0.2) is 0 Å². The fraction of sp³-hybridized carbons (Fsp3) is 0. The van der Waals surface area contributed by atoms with Gasteiger partial charge in [0.05, 0.1) is 6.21 Å². The molecule has 1 aromatic carbocycles. The van der Waals surface area contributed by atoms with Gasteiger partial charge in [0.1, 0.15) is 0 Å². The number of hydrogen-bond donors (Lipinski definition) is 1. The highest BCUT2D eigenvalue weighted by Gasteiger charge is 1.88. The van der Waals surface area contributed by atoms with Crippen molar-refractivity contribution >= 4 is 17.8 Å². The number of rotatable bonds is 1. The zero-order chi connectivity index (χ0) is 7.40. The maximum absolute atomic E-state index is 8.12. The number of nitrogens with zero attached hydrogens (tertiary/aromatic N) is 1. The van der Waals surface area contributed by atoms with E-state index in [9.17, 15) is 0 Å². The van der Waals surface area contributed by atoms with Gasteiger partial charge in [0, 0.05) is 10.6 Å². The molecule has 1 radical (unpaired) electrons. The predicted molar refractivity (Wildman–Crippen MR) is 39.7 cm³/mol. The molecule has 0 atom stereocenters. The van der Waals surface area contributed by atoms with Crippen LogP contribution in [0.15, 0.2) is 23.4 Å². The van der Waals surface area contributed by atoms with Crippen LogP contribution < -0.4 is 0 Å². The topological polar surface area (TPSA) is 32.6 Å². The summed E-state index contributed by atoms with van der Waals surface area (Å²) in [5.74, 6) is 0. The van der Waals surface area contributed by atoms with E-state index < -0.39 is 0 Å². The minimum atomic E-state index is 0.605. The third kappa shape index (κ3) is 1.74. The van der Waals surface area contributed by atoms with Gasteiger partial charge in [-0.2, -0.15) is 0 Å². The van der Waals surface area contributed by atoms with E-state index in [1.165, 1.54) is 6.21 Å². The molecule has 1 aromatic rings. The lowest BCUT2D eigenvalue weighted by Crippen LogP contribution is -1.78. The second kappa shape index (κ2) is 3.22. The summed E-state index contributed by atoms with van der Waals surface area (Å²) in [6, 6.07) is 7.84. The van der Waals surface area contributed by atoms with E-state index in [0.717, 1.165) is 0 Å². The Morgan fingerprint density at radius 2 is 2.50 bits per heavy atom. The van der Waals surface area contributed by atoms with Gasteiger partial charge in [0.15, 0.2) is 0 Å². The lowest BCUT2D eigenvalue weighted by atomic mass is 10.2. The molecule has 0 aliphatic rings. The molecule has 0 aliphatic heterocycles. The highest BCUT2D eigenvalue weighted by atomic mass is 35.5. The number of oxime groups is 1. The quantitative estimate of drug-likeness (QED) is 0.374. The summed E-state index contributed by atoms with van der Waals surface area (Å²) in [6.45, 7) is 0. The van der Waals surface area contributed by atoms with Crippen LogP contribution in [-0.4, -0.2) is 11.4 Å². The molecule has 51 valence electrons.